The molecule has 2 aromatic rings. The largest absolute Gasteiger partial charge is 0.497 e. The highest BCUT2D eigenvalue weighted by atomic mass is 32.1. The molecule has 0 spiro atoms. The van der Waals surface area contributed by atoms with Crippen molar-refractivity contribution in [2.75, 3.05) is 20.3 Å². The number of benzene rings is 1. The van der Waals surface area contributed by atoms with Gasteiger partial charge in [-0.15, -0.1) is 11.3 Å². The van der Waals surface area contributed by atoms with Crippen molar-refractivity contribution in [2.45, 2.75) is 13.0 Å². The number of hydrogen-bond acceptors (Lipinski definition) is 4. The van der Waals surface area contributed by atoms with Gasteiger partial charge in [0.25, 0.3) is 0 Å². The number of hydrogen-bond donors (Lipinski definition) is 1. The Hall–Kier alpha value is -1.52. The number of thiophene rings is 1. The molecule has 0 fully saturated rings. The summed E-state index contributed by atoms with van der Waals surface area (Å²) in [5.41, 5.74) is 0. The van der Waals surface area contributed by atoms with E-state index < -0.39 is 0 Å². The first-order chi connectivity index (χ1) is 9.29. The molecule has 0 aliphatic rings. The molecule has 1 heterocycles. The maximum Gasteiger partial charge on any atom is 0.119 e. The zero-order valence-corrected chi connectivity index (χ0v) is 12.1. The SMILES string of the molecule is COc1ccc(OCCN[C@H](C)c2cccs2)cc1. The first-order valence-electron chi connectivity index (χ1n) is 6.33. The van der Waals surface area contributed by atoms with E-state index in [1.165, 1.54) is 4.88 Å². The van der Waals surface area contributed by atoms with Gasteiger partial charge in [-0.3, -0.25) is 0 Å². The minimum absolute atomic E-state index is 0.375. The monoisotopic (exact) mass is 277 g/mol. The van der Waals surface area contributed by atoms with E-state index in [1.54, 1.807) is 18.4 Å². The molecule has 0 bridgehead atoms. The molecule has 1 atom stereocenters. The third-order valence-corrected chi connectivity index (χ3v) is 3.91. The van der Waals surface area contributed by atoms with Crippen LogP contribution in [0.25, 0.3) is 0 Å². The van der Waals surface area contributed by atoms with Crippen molar-refractivity contribution >= 4 is 11.3 Å². The molecule has 4 heteroatoms. The van der Waals surface area contributed by atoms with Crippen LogP contribution in [0.15, 0.2) is 41.8 Å². The molecule has 0 saturated carbocycles. The summed E-state index contributed by atoms with van der Waals surface area (Å²) < 4.78 is 10.8. The molecule has 0 unspecified atom stereocenters. The van der Waals surface area contributed by atoms with E-state index in [0.717, 1.165) is 18.0 Å². The lowest BCUT2D eigenvalue weighted by molar-refractivity contribution is 0.307. The molecule has 2 rings (SSSR count). The fourth-order valence-corrected chi connectivity index (χ4v) is 2.51. The van der Waals surface area contributed by atoms with Gasteiger partial charge in [0.15, 0.2) is 0 Å². The van der Waals surface area contributed by atoms with Crippen LogP contribution < -0.4 is 14.8 Å². The predicted molar refractivity (Wildman–Crippen MR) is 79.2 cm³/mol. The van der Waals surface area contributed by atoms with E-state index in [2.05, 4.69) is 29.8 Å². The molecule has 0 aliphatic heterocycles. The molecule has 19 heavy (non-hydrogen) atoms. The lowest BCUT2D eigenvalue weighted by Gasteiger charge is -2.12. The maximum absolute atomic E-state index is 5.66. The number of ether oxygens (including phenoxy) is 2. The summed E-state index contributed by atoms with van der Waals surface area (Å²) in [6, 6.07) is 12.2. The Balaban J connectivity index is 1.68. The fourth-order valence-electron chi connectivity index (χ4n) is 1.75. The van der Waals surface area contributed by atoms with Crippen LogP contribution >= 0.6 is 11.3 Å². The Kier molecular flexibility index (Phi) is 5.24. The second-order valence-corrected chi connectivity index (χ2v) is 5.19. The van der Waals surface area contributed by atoms with Crippen LogP contribution in [-0.4, -0.2) is 20.3 Å². The van der Waals surface area contributed by atoms with Gasteiger partial charge in [0, 0.05) is 17.5 Å². The molecule has 0 radical (unpaired) electrons. The lowest BCUT2D eigenvalue weighted by Crippen LogP contribution is -2.23. The van der Waals surface area contributed by atoms with Gasteiger partial charge in [-0.05, 0) is 42.6 Å². The van der Waals surface area contributed by atoms with E-state index in [-0.39, 0.29) is 0 Å². The van der Waals surface area contributed by atoms with E-state index in [0.29, 0.717) is 12.6 Å². The summed E-state index contributed by atoms with van der Waals surface area (Å²) in [6.45, 7) is 3.65. The van der Waals surface area contributed by atoms with Crippen LogP contribution in [0.1, 0.15) is 17.8 Å². The molecule has 3 nitrogen and oxygen atoms in total. The van der Waals surface area contributed by atoms with Gasteiger partial charge >= 0.3 is 0 Å². The topological polar surface area (TPSA) is 30.5 Å². The van der Waals surface area contributed by atoms with E-state index in [4.69, 9.17) is 9.47 Å². The first-order valence-corrected chi connectivity index (χ1v) is 7.21. The Morgan fingerprint density at radius 3 is 2.53 bits per heavy atom. The van der Waals surface area contributed by atoms with Gasteiger partial charge in [-0.25, -0.2) is 0 Å². The summed E-state index contributed by atoms with van der Waals surface area (Å²) in [5, 5.41) is 5.54. The van der Waals surface area contributed by atoms with Gasteiger partial charge in [-0.1, -0.05) is 6.07 Å². The Labute approximate surface area is 118 Å². The van der Waals surface area contributed by atoms with Crippen molar-refractivity contribution in [3.05, 3.63) is 46.7 Å². The van der Waals surface area contributed by atoms with E-state index >= 15 is 0 Å². The predicted octanol–water partition coefficient (Wildman–Crippen LogP) is 3.49. The normalized spacial score (nSPS) is 12.1. The molecular weight excluding hydrogens is 258 g/mol. The standard InChI is InChI=1S/C15H19NO2S/c1-12(15-4-3-11-19-15)16-9-10-18-14-7-5-13(17-2)6-8-14/h3-8,11-12,16H,9-10H2,1-2H3/t12-/m1/s1. The highest BCUT2D eigenvalue weighted by molar-refractivity contribution is 7.10. The number of methoxy groups -OCH3 is 1. The van der Waals surface area contributed by atoms with Crippen LogP contribution in [0.5, 0.6) is 11.5 Å². The molecule has 1 aromatic carbocycles. The van der Waals surface area contributed by atoms with Crippen molar-refractivity contribution in [3.63, 3.8) is 0 Å². The van der Waals surface area contributed by atoms with Gasteiger partial charge in [0.05, 0.1) is 7.11 Å². The average Bonchev–Trinajstić information content (AvgIpc) is 2.98. The second kappa shape index (κ2) is 7.16. The Bertz CT molecular complexity index is 467. The van der Waals surface area contributed by atoms with Crippen molar-refractivity contribution in [3.8, 4) is 11.5 Å². The minimum atomic E-state index is 0.375. The fraction of sp³-hybridized carbons (Fsp3) is 0.333. The van der Waals surface area contributed by atoms with Crippen LogP contribution in [0, 0.1) is 0 Å². The molecule has 0 amide bonds. The summed E-state index contributed by atoms with van der Waals surface area (Å²) in [6.07, 6.45) is 0. The van der Waals surface area contributed by atoms with Crippen LogP contribution in [-0.2, 0) is 0 Å². The molecule has 1 aromatic heterocycles. The first kappa shape index (κ1) is 13.9. The average molecular weight is 277 g/mol. The third kappa shape index (κ3) is 4.26. The number of rotatable bonds is 7. The lowest BCUT2D eigenvalue weighted by atomic mass is 10.3. The summed E-state index contributed by atoms with van der Waals surface area (Å²) in [5.74, 6) is 1.71. The summed E-state index contributed by atoms with van der Waals surface area (Å²) >= 11 is 1.77. The van der Waals surface area contributed by atoms with Gasteiger partial charge < -0.3 is 14.8 Å². The highest BCUT2D eigenvalue weighted by Gasteiger charge is 2.04. The zero-order chi connectivity index (χ0) is 13.5. The summed E-state index contributed by atoms with van der Waals surface area (Å²) in [7, 11) is 1.66. The van der Waals surface area contributed by atoms with E-state index in [9.17, 15) is 0 Å². The molecule has 0 saturated heterocycles. The zero-order valence-electron chi connectivity index (χ0n) is 11.3. The Morgan fingerprint density at radius 1 is 1.16 bits per heavy atom. The smallest absolute Gasteiger partial charge is 0.119 e. The van der Waals surface area contributed by atoms with Crippen molar-refractivity contribution < 1.29 is 9.47 Å². The minimum Gasteiger partial charge on any atom is -0.497 e. The maximum atomic E-state index is 5.66. The molecular formula is C15H19NO2S. The second-order valence-electron chi connectivity index (χ2n) is 4.22. The van der Waals surface area contributed by atoms with Gasteiger partial charge in [0.2, 0.25) is 0 Å². The quantitative estimate of drug-likeness (QED) is 0.786. The van der Waals surface area contributed by atoms with Crippen LogP contribution in [0.4, 0.5) is 0 Å². The van der Waals surface area contributed by atoms with Crippen LogP contribution in [0.2, 0.25) is 0 Å². The third-order valence-electron chi connectivity index (χ3n) is 2.85. The van der Waals surface area contributed by atoms with Crippen molar-refractivity contribution in [1.82, 2.24) is 5.32 Å². The van der Waals surface area contributed by atoms with Crippen molar-refractivity contribution in [2.24, 2.45) is 0 Å². The summed E-state index contributed by atoms with van der Waals surface area (Å²) in [4.78, 5) is 1.35. The Morgan fingerprint density at radius 2 is 1.89 bits per heavy atom. The van der Waals surface area contributed by atoms with Gasteiger partial charge in [-0.2, -0.15) is 0 Å². The van der Waals surface area contributed by atoms with Gasteiger partial charge in [0.1, 0.15) is 18.1 Å². The molecule has 0 aliphatic carbocycles. The molecule has 102 valence electrons. The highest BCUT2D eigenvalue weighted by Crippen LogP contribution is 2.18. The van der Waals surface area contributed by atoms with Crippen LogP contribution in [0.3, 0.4) is 0 Å². The van der Waals surface area contributed by atoms with E-state index in [1.807, 2.05) is 24.3 Å². The molecule has 1 N–H and O–H groups in total. The number of nitrogens with one attached hydrogen (secondary N) is 1. The van der Waals surface area contributed by atoms with Crippen molar-refractivity contribution in [1.29, 1.82) is 0 Å².